The molecule has 2 heterocycles. The largest absolute Gasteiger partial charge is 0.370 e. The molecule has 1 aliphatic heterocycles. The van der Waals surface area contributed by atoms with E-state index < -0.39 is 0 Å². The second kappa shape index (κ2) is 7.24. The topological polar surface area (TPSA) is 81.1 Å². The van der Waals surface area contributed by atoms with Gasteiger partial charge in [-0.2, -0.15) is 0 Å². The van der Waals surface area contributed by atoms with E-state index in [0.717, 1.165) is 31.0 Å². The Hall–Kier alpha value is -0.860. The number of rotatable bonds is 3. The number of nitrogens with zero attached hydrogens (tertiary/aromatic N) is 4. The van der Waals surface area contributed by atoms with Crippen LogP contribution in [0, 0.1) is 0 Å². The first-order valence-corrected chi connectivity index (χ1v) is 7.30. The average Bonchev–Trinajstić information content (AvgIpc) is 3.01. The first-order valence-electron chi connectivity index (χ1n) is 7.30. The van der Waals surface area contributed by atoms with E-state index >= 15 is 0 Å². The molecule has 1 aromatic rings. The number of nitrogens with two attached hydrogens (primary N) is 1. The van der Waals surface area contributed by atoms with Crippen LogP contribution in [-0.4, -0.2) is 26.8 Å². The first kappa shape index (κ1) is 15.5. The van der Waals surface area contributed by atoms with Gasteiger partial charge in [0.05, 0.1) is 0 Å². The van der Waals surface area contributed by atoms with E-state index in [0.29, 0.717) is 18.5 Å². The second-order valence-corrected chi connectivity index (χ2v) is 5.47. The van der Waals surface area contributed by atoms with Crippen LogP contribution in [0.5, 0.6) is 0 Å². The number of halogens is 1. The molecule has 20 heavy (non-hydrogen) atoms. The molecule has 3 N–H and O–H groups in total. The molecular formula is C13H23IN6. The molecule has 0 aromatic carbocycles. The van der Waals surface area contributed by atoms with Crippen molar-refractivity contribution in [2.24, 2.45) is 10.7 Å². The Labute approximate surface area is 136 Å². The molecule has 0 bridgehead atoms. The van der Waals surface area contributed by atoms with Crippen molar-refractivity contribution >= 4 is 29.9 Å². The van der Waals surface area contributed by atoms with Crippen LogP contribution in [0.1, 0.15) is 50.2 Å². The molecule has 6 nitrogen and oxygen atoms in total. The minimum Gasteiger partial charge on any atom is -0.370 e. The smallest absolute Gasteiger partial charge is 0.189 e. The van der Waals surface area contributed by atoms with Crippen molar-refractivity contribution in [3.63, 3.8) is 0 Å². The number of aryl methyl sites for hydroxylation is 1. The maximum atomic E-state index is 5.95. The van der Waals surface area contributed by atoms with E-state index in [1.54, 1.807) is 0 Å². The highest BCUT2D eigenvalue weighted by molar-refractivity contribution is 14.0. The quantitative estimate of drug-likeness (QED) is 0.467. The van der Waals surface area contributed by atoms with Gasteiger partial charge in [-0.05, 0) is 19.3 Å². The number of fused-ring (bicyclic) bond motifs is 1. The van der Waals surface area contributed by atoms with Crippen molar-refractivity contribution in [3.8, 4) is 0 Å². The summed E-state index contributed by atoms with van der Waals surface area (Å²) in [6.45, 7) is 1.54. The van der Waals surface area contributed by atoms with Gasteiger partial charge < -0.3 is 15.6 Å². The summed E-state index contributed by atoms with van der Waals surface area (Å²) in [7, 11) is 0. The summed E-state index contributed by atoms with van der Waals surface area (Å²) in [5.74, 6) is 2.56. The lowest BCUT2D eigenvalue weighted by Gasteiger charge is -2.23. The Morgan fingerprint density at radius 3 is 2.85 bits per heavy atom. The van der Waals surface area contributed by atoms with E-state index in [9.17, 15) is 0 Å². The van der Waals surface area contributed by atoms with E-state index in [1.807, 2.05) is 0 Å². The van der Waals surface area contributed by atoms with Gasteiger partial charge in [-0.3, -0.25) is 0 Å². The molecule has 2 aliphatic rings. The Balaban J connectivity index is 0.00000147. The van der Waals surface area contributed by atoms with Crippen molar-refractivity contribution in [1.82, 2.24) is 20.1 Å². The minimum absolute atomic E-state index is 0. The number of hydrogen-bond donors (Lipinski definition) is 2. The van der Waals surface area contributed by atoms with Crippen LogP contribution >= 0.6 is 24.0 Å². The van der Waals surface area contributed by atoms with Gasteiger partial charge in [0.15, 0.2) is 11.8 Å². The van der Waals surface area contributed by atoms with Crippen molar-refractivity contribution in [2.75, 3.05) is 0 Å². The molecule has 3 rings (SSSR count). The van der Waals surface area contributed by atoms with Crippen LogP contribution in [0.25, 0.3) is 0 Å². The zero-order valence-corrected chi connectivity index (χ0v) is 14.0. The molecule has 0 radical (unpaired) electrons. The fourth-order valence-electron chi connectivity index (χ4n) is 2.99. The fraction of sp³-hybridized carbons (Fsp3) is 0.769. The molecule has 0 spiro atoms. The van der Waals surface area contributed by atoms with E-state index in [4.69, 9.17) is 5.73 Å². The molecule has 112 valence electrons. The lowest BCUT2D eigenvalue weighted by molar-refractivity contribution is 0.412. The van der Waals surface area contributed by atoms with Crippen LogP contribution in [0.2, 0.25) is 0 Å². The van der Waals surface area contributed by atoms with Crippen molar-refractivity contribution in [3.05, 3.63) is 11.6 Å². The molecule has 1 fully saturated rings. The molecule has 0 atom stereocenters. The first-order chi connectivity index (χ1) is 9.33. The summed E-state index contributed by atoms with van der Waals surface area (Å²) >= 11 is 0. The van der Waals surface area contributed by atoms with Crippen LogP contribution in [0.15, 0.2) is 4.99 Å². The normalized spacial score (nSPS) is 19.5. The molecule has 7 heteroatoms. The fourth-order valence-corrected chi connectivity index (χ4v) is 2.99. The standard InChI is InChI=1S/C13H22N6.HI/c14-13(16-10-5-2-1-3-6-10)15-9-12-18-17-11-7-4-8-19(11)12;/h10H,1-9H2,(H3,14,15,16);1H. The second-order valence-electron chi connectivity index (χ2n) is 5.47. The van der Waals surface area contributed by atoms with Gasteiger partial charge >= 0.3 is 0 Å². The predicted octanol–water partition coefficient (Wildman–Crippen LogP) is 1.58. The predicted molar refractivity (Wildman–Crippen MR) is 89.1 cm³/mol. The Morgan fingerprint density at radius 1 is 1.25 bits per heavy atom. The summed E-state index contributed by atoms with van der Waals surface area (Å²) in [6.07, 6.45) is 8.55. The van der Waals surface area contributed by atoms with Gasteiger partial charge in [0.25, 0.3) is 0 Å². The molecule has 0 amide bonds. The zero-order chi connectivity index (χ0) is 13.1. The van der Waals surface area contributed by atoms with Gasteiger partial charge in [-0.15, -0.1) is 34.2 Å². The van der Waals surface area contributed by atoms with Gasteiger partial charge in [0.1, 0.15) is 12.4 Å². The number of nitrogens with one attached hydrogen (secondary N) is 1. The number of hydrogen-bond acceptors (Lipinski definition) is 3. The SMILES string of the molecule is I.NC(=NCc1nnc2n1CCC2)NC1CCCCC1. The molecule has 1 aromatic heterocycles. The van der Waals surface area contributed by atoms with Crippen LogP contribution in [-0.2, 0) is 19.5 Å². The van der Waals surface area contributed by atoms with Crippen LogP contribution < -0.4 is 11.1 Å². The summed E-state index contributed by atoms with van der Waals surface area (Å²) < 4.78 is 2.16. The summed E-state index contributed by atoms with van der Waals surface area (Å²) in [5, 5.41) is 11.7. The van der Waals surface area contributed by atoms with Crippen molar-refractivity contribution in [1.29, 1.82) is 0 Å². The Bertz CT molecular complexity index is 463. The molecule has 1 aliphatic carbocycles. The van der Waals surface area contributed by atoms with Gasteiger partial charge in [0, 0.05) is 19.0 Å². The Kier molecular flexibility index (Phi) is 5.62. The number of aromatic nitrogens is 3. The lowest BCUT2D eigenvalue weighted by Crippen LogP contribution is -2.41. The minimum atomic E-state index is 0. The third-order valence-corrected chi connectivity index (χ3v) is 4.03. The van der Waals surface area contributed by atoms with Crippen LogP contribution in [0.4, 0.5) is 0 Å². The third kappa shape index (κ3) is 3.62. The lowest BCUT2D eigenvalue weighted by atomic mass is 9.96. The van der Waals surface area contributed by atoms with E-state index in [-0.39, 0.29) is 24.0 Å². The third-order valence-electron chi connectivity index (χ3n) is 4.03. The van der Waals surface area contributed by atoms with Crippen molar-refractivity contribution < 1.29 is 0 Å². The van der Waals surface area contributed by atoms with Gasteiger partial charge in [-0.25, -0.2) is 4.99 Å². The van der Waals surface area contributed by atoms with Gasteiger partial charge in [0.2, 0.25) is 0 Å². The highest BCUT2D eigenvalue weighted by Crippen LogP contribution is 2.17. The zero-order valence-electron chi connectivity index (χ0n) is 11.7. The maximum Gasteiger partial charge on any atom is 0.189 e. The highest BCUT2D eigenvalue weighted by atomic mass is 127. The van der Waals surface area contributed by atoms with E-state index in [1.165, 1.54) is 32.1 Å². The summed E-state index contributed by atoms with van der Waals surface area (Å²) in [4.78, 5) is 4.40. The molecule has 1 saturated carbocycles. The van der Waals surface area contributed by atoms with Crippen molar-refractivity contribution in [2.45, 2.75) is 64.1 Å². The number of guanidine groups is 1. The summed E-state index contributed by atoms with van der Waals surface area (Å²) in [5.41, 5.74) is 5.95. The molecule has 0 unspecified atom stereocenters. The Morgan fingerprint density at radius 2 is 2.05 bits per heavy atom. The van der Waals surface area contributed by atoms with Gasteiger partial charge in [-0.1, -0.05) is 19.3 Å². The molecular weight excluding hydrogens is 367 g/mol. The van der Waals surface area contributed by atoms with E-state index in [2.05, 4.69) is 25.1 Å². The average molecular weight is 390 g/mol. The van der Waals surface area contributed by atoms with Crippen LogP contribution in [0.3, 0.4) is 0 Å². The number of aliphatic imine (C=N–C) groups is 1. The highest BCUT2D eigenvalue weighted by Gasteiger charge is 2.17. The summed E-state index contributed by atoms with van der Waals surface area (Å²) in [6, 6.07) is 0.501. The monoisotopic (exact) mass is 390 g/mol. The maximum absolute atomic E-state index is 5.95. The molecule has 0 saturated heterocycles.